The third-order valence-corrected chi connectivity index (χ3v) is 7.60. The molecule has 9 heteroatoms. The number of hydrogen-bond donors (Lipinski definition) is 2. The van der Waals surface area contributed by atoms with Crippen LogP contribution in [0.5, 0.6) is 0 Å². The maximum absolute atomic E-state index is 11.9. The average molecular weight is 549 g/mol. The van der Waals surface area contributed by atoms with Crippen LogP contribution in [0.1, 0.15) is 42.4 Å². The first kappa shape index (κ1) is 25.3. The van der Waals surface area contributed by atoms with E-state index in [1.807, 2.05) is 86.6 Å². The van der Waals surface area contributed by atoms with E-state index < -0.39 is 0 Å². The van der Waals surface area contributed by atoms with Crippen LogP contribution in [0.15, 0.2) is 93.4 Å². The summed E-state index contributed by atoms with van der Waals surface area (Å²) in [6.45, 7) is 3.80. The predicted molar refractivity (Wildman–Crippen MR) is 152 cm³/mol. The minimum Gasteiger partial charge on any atom is -0.452 e. The van der Waals surface area contributed by atoms with Crippen LogP contribution in [0.2, 0.25) is 5.02 Å². The first-order chi connectivity index (χ1) is 17.9. The highest BCUT2D eigenvalue weighted by molar-refractivity contribution is 7.99. The lowest BCUT2D eigenvalue weighted by molar-refractivity contribution is -0.115. The first-order valence-corrected chi connectivity index (χ1v) is 13.5. The second-order valence-electron chi connectivity index (χ2n) is 8.61. The summed E-state index contributed by atoms with van der Waals surface area (Å²) in [6.07, 6.45) is 2.20. The second kappa shape index (κ2) is 11.0. The van der Waals surface area contributed by atoms with Crippen LogP contribution in [-0.2, 0) is 4.79 Å². The minimum atomic E-state index is -0.266. The minimum absolute atomic E-state index is 0.0244. The van der Waals surface area contributed by atoms with Gasteiger partial charge in [-0.2, -0.15) is 0 Å². The molecule has 6 nitrogen and oxygen atoms in total. The Morgan fingerprint density at radius 2 is 1.97 bits per heavy atom. The molecule has 1 amide bonds. The fraction of sp³-hybridized carbons (Fsp3) is 0.179. The molecule has 0 saturated carbocycles. The van der Waals surface area contributed by atoms with Gasteiger partial charge >= 0.3 is 0 Å². The molecular formula is C28H25ClN4O2S2. The number of pyridine rings is 1. The van der Waals surface area contributed by atoms with E-state index in [2.05, 4.69) is 20.5 Å². The van der Waals surface area contributed by atoms with E-state index in [4.69, 9.17) is 28.2 Å². The Kier molecular flexibility index (Phi) is 7.50. The van der Waals surface area contributed by atoms with E-state index in [9.17, 15) is 4.79 Å². The Morgan fingerprint density at radius 3 is 2.68 bits per heavy atom. The van der Waals surface area contributed by atoms with E-state index in [0.29, 0.717) is 16.6 Å². The molecule has 0 unspecified atom stereocenters. The fourth-order valence-corrected chi connectivity index (χ4v) is 5.52. The summed E-state index contributed by atoms with van der Waals surface area (Å²) in [5.74, 6) is 0.740. The SMILES string of the molecule is CCC(=O)Nc1ccc(N2C(=S)N[C@@H](c3ccccn3)[C@H]2c2ccc(Sc3ccc(Cl)cc3)o2)cc1C. The Labute approximate surface area is 230 Å². The van der Waals surface area contributed by atoms with Crippen LogP contribution < -0.4 is 15.5 Å². The van der Waals surface area contributed by atoms with Crippen molar-refractivity contribution in [1.29, 1.82) is 0 Å². The van der Waals surface area contributed by atoms with Gasteiger partial charge in [0.15, 0.2) is 10.2 Å². The number of aryl methyl sites for hydroxylation is 1. The van der Waals surface area contributed by atoms with Gasteiger partial charge in [-0.25, -0.2) is 0 Å². The molecule has 188 valence electrons. The number of halogens is 1. The third-order valence-electron chi connectivity index (χ3n) is 6.11. The van der Waals surface area contributed by atoms with Gasteiger partial charge in [-0.1, -0.05) is 36.4 Å². The van der Waals surface area contributed by atoms with Crippen molar-refractivity contribution in [2.75, 3.05) is 10.2 Å². The number of anilines is 2. The van der Waals surface area contributed by atoms with Gasteiger partial charge in [0.05, 0.1) is 11.7 Å². The molecule has 1 fully saturated rings. The summed E-state index contributed by atoms with van der Waals surface area (Å²) in [6, 6.07) is 22.9. The lowest BCUT2D eigenvalue weighted by atomic mass is 10.0. The van der Waals surface area contributed by atoms with Crippen LogP contribution in [-0.4, -0.2) is 16.0 Å². The van der Waals surface area contributed by atoms with E-state index in [-0.39, 0.29) is 18.0 Å². The molecule has 1 aliphatic rings. The highest BCUT2D eigenvalue weighted by Crippen LogP contribution is 2.44. The maximum atomic E-state index is 11.9. The van der Waals surface area contributed by atoms with Gasteiger partial charge in [-0.15, -0.1) is 0 Å². The van der Waals surface area contributed by atoms with E-state index >= 15 is 0 Å². The monoisotopic (exact) mass is 548 g/mol. The quantitative estimate of drug-likeness (QED) is 0.234. The van der Waals surface area contributed by atoms with Crippen molar-refractivity contribution >= 4 is 58.0 Å². The number of aromatic nitrogens is 1. The third kappa shape index (κ3) is 5.51. The number of carbonyl (C=O) groups is 1. The van der Waals surface area contributed by atoms with Gasteiger partial charge < -0.3 is 20.0 Å². The molecule has 0 aliphatic carbocycles. The molecule has 0 spiro atoms. The van der Waals surface area contributed by atoms with Crippen molar-refractivity contribution in [3.05, 3.63) is 101 Å². The second-order valence-corrected chi connectivity index (χ2v) is 10.5. The Balaban J connectivity index is 1.50. The van der Waals surface area contributed by atoms with Crippen LogP contribution in [0.3, 0.4) is 0 Å². The Hall–Kier alpha value is -3.33. The molecule has 0 bridgehead atoms. The van der Waals surface area contributed by atoms with Crippen LogP contribution in [0.25, 0.3) is 0 Å². The van der Waals surface area contributed by atoms with E-state index in [0.717, 1.165) is 38.4 Å². The van der Waals surface area contributed by atoms with E-state index in [1.165, 1.54) is 11.8 Å². The lowest BCUT2D eigenvalue weighted by Crippen LogP contribution is -2.29. The molecule has 37 heavy (non-hydrogen) atoms. The molecule has 1 saturated heterocycles. The normalized spacial score (nSPS) is 17.1. The van der Waals surface area contributed by atoms with Crippen molar-refractivity contribution in [1.82, 2.24) is 10.3 Å². The Bertz CT molecular complexity index is 1430. The number of nitrogens with zero attached hydrogens (tertiary/aromatic N) is 2. The molecule has 1 aliphatic heterocycles. The van der Waals surface area contributed by atoms with Gasteiger partial charge in [0.1, 0.15) is 11.8 Å². The average Bonchev–Trinajstić information content (AvgIpc) is 3.51. The van der Waals surface area contributed by atoms with Gasteiger partial charge in [-0.3, -0.25) is 9.78 Å². The van der Waals surface area contributed by atoms with Crippen molar-refractivity contribution in [3.63, 3.8) is 0 Å². The molecule has 0 radical (unpaired) electrons. The number of furan rings is 1. The van der Waals surface area contributed by atoms with Gasteiger partial charge in [0.25, 0.3) is 0 Å². The Morgan fingerprint density at radius 1 is 1.16 bits per heavy atom. The highest BCUT2D eigenvalue weighted by Gasteiger charge is 2.42. The summed E-state index contributed by atoms with van der Waals surface area (Å²) in [4.78, 5) is 19.6. The maximum Gasteiger partial charge on any atom is 0.224 e. The molecule has 5 rings (SSSR count). The molecular weight excluding hydrogens is 524 g/mol. The zero-order valence-corrected chi connectivity index (χ0v) is 22.7. The van der Waals surface area contributed by atoms with Crippen molar-refractivity contribution in [3.8, 4) is 0 Å². The molecule has 4 aromatic rings. The van der Waals surface area contributed by atoms with Crippen molar-refractivity contribution in [2.45, 2.75) is 42.3 Å². The zero-order chi connectivity index (χ0) is 25.9. The number of carbonyl (C=O) groups excluding carboxylic acids is 1. The summed E-state index contributed by atoms with van der Waals surface area (Å²) in [7, 11) is 0. The number of rotatable bonds is 7. The summed E-state index contributed by atoms with van der Waals surface area (Å²) >= 11 is 13.4. The topological polar surface area (TPSA) is 70.4 Å². The molecule has 2 N–H and O–H groups in total. The van der Waals surface area contributed by atoms with E-state index in [1.54, 1.807) is 6.20 Å². The zero-order valence-electron chi connectivity index (χ0n) is 20.3. The van der Waals surface area contributed by atoms with Gasteiger partial charge in [-0.05, 0) is 91.4 Å². The number of thiocarbonyl (C=S) groups is 1. The summed E-state index contributed by atoms with van der Waals surface area (Å²) < 4.78 is 6.38. The fourth-order valence-electron chi connectivity index (χ4n) is 4.27. The molecule has 3 heterocycles. The first-order valence-electron chi connectivity index (χ1n) is 11.9. The lowest BCUT2D eigenvalue weighted by Gasteiger charge is -2.26. The smallest absolute Gasteiger partial charge is 0.224 e. The predicted octanol–water partition coefficient (Wildman–Crippen LogP) is 7.31. The summed E-state index contributed by atoms with van der Waals surface area (Å²) in [5.41, 5.74) is 3.49. The molecule has 2 aromatic carbocycles. The van der Waals surface area contributed by atoms with Crippen molar-refractivity contribution < 1.29 is 9.21 Å². The molecule has 2 aromatic heterocycles. The number of hydrogen-bond acceptors (Lipinski definition) is 5. The van der Waals surface area contributed by atoms with Gasteiger partial charge in [0, 0.05) is 33.9 Å². The van der Waals surface area contributed by atoms with Gasteiger partial charge in [0.2, 0.25) is 5.91 Å². The van der Waals surface area contributed by atoms with Crippen LogP contribution >= 0.6 is 35.6 Å². The number of benzene rings is 2. The number of nitrogens with one attached hydrogen (secondary N) is 2. The largest absolute Gasteiger partial charge is 0.452 e. The summed E-state index contributed by atoms with van der Waals surface area (Å²) in [5, 5.41) is 8.44. The van der Waals surface area contributed by atoms with Crippen LogP contribution in [0.4, 0.5) is 11.4 Å². The van der Waals surface area contributed by atoms with Crippen LogP contribution in [0, 0.1) is 6.92 Å². The highest BCUT2D eigenvalue weighted by atomic mass is 35.5. The number of amides is 1. The molecule has 2 atom stereocenters. The standard InChI is InChI=1S/C28H25ClN4O2S2/c1-3-24(34)31-21-12-9-19(16-17(21)2)33-27(26(32-28(33)36)22-6-4-5-15-30-22)23-13-14-25(35-23)37-20-10-7-18(29)8-11-20/h4-16,26-27H,3H2,1-2H3,(H,31,34)(H,32,36)/t26-,27+/m0/s1. The van der Waals surface area contributed by atoms with Crippen molar-refractivity contribution in [2.24, 2.45) is 0 Å².